The van der Waals surface area contributed by atoms with Crippen LogP contribution in [0.5, 0.6) is 11.5 Å². The van der Waals surface area contributed by atoms with E-state index in [4.69, 9.17) is 8.92 Å². The fourth-order valence-corrected chi connectivity index (χ4v) is 4.86. The summed E-state index contributed by atoms with van der Waals surface area (Å²) >= 11 is 0. The van der Waals surface area contributed by atoms with Gasteiger partial charge in [0.15, 0.2) is 0 Å². The van der Waals surface area contributed by atoms with E-state index in [9.17, 15) is 13.0 Å². The topological polar surface area (TPSA) is 75.7 Å². The summed E-state index contributed by atoms with van der Waals surface area (Å²) in [4.78, 5) is 0. The molecule has 1 aliphatic heterocycles. The first-order valence-electron chi connectivity index (χ1n) is 9.77. The summed E-state index contributed by atoms with van der Waals surface area (Å²) in [5.41, 5.74) is 2.57. The molecule has 0 saturated heterocycles. The molecule has 0 aromatic heterocycles. The average Bonchev–Trinajstić information content (AvgIpc) is 2.52. The first kappa shape index (κ1) is 24.4. The van der Waals surface area contributed by atoms with E-state index >= 15 is 0 Å². The number of allylic oxidation sites excluding steroid dienone is 2. The molecule has 0 radical (unpaired) electrons. The molecule has 1 heterocycles. The van der Waals surface area contributed by atoms with E-state index in [-0.39, 0.29) is 74.6 Å². The third kappa shape index (κ3) is 5.62. The van der Waals surface area contributed by atoms with Crippen LogP contribution >= 0.6 is 0 Å². The minimum absolute atomic E-state index is 0. The second-order valence-electron chi connectivity index (χ2n) is 8.36. The predicted octanol–water partition coefficient (Wildman–Crippen LogP) is 1.87. The number of ether oxygens (including phenoxy) is 1. The Kier molecular flexibility index (Phi) is 8.27. The molecule has 1 aliphatic carbocycles. The van der Waals surface area contributed by atoms with Crippen molar-refractivity contribution in [3.63, 3.8) is 0 Å². The smallest absolute Gasteiger partial charge is 0.716 e. The summed E-state index contributed by atoms with van der Waals surface area (Å²) in [6, 6.07) is 3.72. The Morgan fingerprint density at radius 1 is 1.29 bits per heavy atom. The van der Waals surface area contributed by atoms with Crippen LogP contribution in [-0.2, 0) is 16.8 Å². The van der Waals surface area contributed by atoms with Gasteiger partial charge in [0, 0.05) is 17.4 Å². The molecule has 5 nitrogen and oxygen atoms in total. The third-order valence-corrected chi connectivity index (χ3v) is 6.19. The number of fused-ring (bicyclic) bond motifs is 3. The van der Waals surface area contributed by atoms with Crippen molar-refractivity contribution in [2.45, 2.75) is 77.7 Å². The molecule has 1 aromatic rings. The summed E-state index contributed by atoms with van der Waals surface area (Å²) in [6.07, 6.45) is 7.89. The van der Waals surface area contributed by atoms with Crippen molar-refractivity contribution in [3.8, 4) is 11.5 Å². The van der Waals surface area contributed by atoms with E-state index in [1.165, 1.54) is 5.57 Å². The largest absolute Gasteiger partial charge is 1.00 e. The van der Waals surface area contributed by atoms with Crippen molar-refractivity contribution in [2.75, 3.05) is 0 Å². The minimum Gasteiger partial charge on any atom is -0.716 e. The summed E-state index contributed by atoms with van der Waals surface area (Å²) in [5, 5.41) is 0. The fourth-order valence-electron chi connectivity index (χ4n) is 4.50. The molecule has 2 atom stereocenters. The third-order valence-electron chi connectivity index (χ3n) is 5.81. The van der Waals surface area contributed by atoms with Crippen molar-refractivity contribution < 1.29 is 73.3 Å². The van der Waals surface area contributed by atoms with Gasteiger partial charge in [0.25, 0.3) is 10.4 Å². The van der Waals surface area contributed by atoms with Gasteiger partial charge in [-0.2, -0.15) is 0 Å². The van der Waals surface area contributed by atoms with Crippen molar-refractivity contribution >= 4 is 10.4 Å². The standard InChI is InChI=1S/C21H30O5S.K/c1-5-6-7-8-15-12-18-20(19(13-15)26-27(22,23)24)16-11-14(2)9-10-17(16)21(3,4)25-18;/h9,12-13,16-17H,5-8,10-11H2,1-4H3,(H,22,23,24);/q;+1/p-1. The van der Waals surface area contributed by atoms with E-state index in [2.05, 4.69) is 33.8 Å². The van der Waals surface area contributed by atoms with Gasteiger partial charge in [-0.1, -0.05) is 31.4 Å². The number of benzene rings is 1. The van der Waals surface area contributed by atoms with E-state index in [0.29, 0.717) is 5.75 Å². The number of hydrogen-bond donors (Lipinski definition) is 0. The molecule has 150 valence electrons. The van der Waals surface area contributed by atoms with Crippen molar-refractivity contribution in [2.24, 2.45) is 5.92 Å². The van der Waals surface area contributed by atoms with Crippen LogP contribution in [0.15, 0.2) is 23.8 Å². The van der Waals surface area contributed by atoms with Gasteiger partial charge in [-0.25, -0.2) is 8.42 Å². The van der Waals surface area contributed by atoms with Crippen LogP contribution in [0.1, 0.15) is 76.8 Å². The molecule has 2 aliphatic rings. The monoisotopic (exact) mass is 432 g/mol. The zero-order chi connectivity index (χ0) is 19.8. The van der Waals surface area contributed by atoms with Crippen LogP contribution in [0, 0.1) is 5.92 Å². The molecule has 2 unspecified atom stereocenters. The predicted molar refractivity (Wildman–Crippen MR) is 104 cm³/mol. The Labute approximate surface area is 211 Å². The summed E-state index contributed by atoms with van der Waals surface area (Å²) in [5.74, 6) is 1.09. The van der Waals surface area contributed by atoms with Crippen LogP contribution < -0.4 is 60.3 Å². The Balaban J connectivity index is 0.00000280. The maximum Gasteiger partial charge on any atom is 1.00 e. The first-order chi connectivity index (χ1) is 12.6. The number of rotatable bonds is 6. The van der Waals surface area contributed by atoms with E-state index in [1.54, 1.807) is 6.07 Å². The second-order valence-corrected chi connectivity index (χ2v) is 9.35. The van der Waals surface area contributed by atoms with Gasteiger partial charge >= 0.3 is 51.4 Å². The van der Waals surface area contributed by atoms with Gasteiger partial charge in [-0.15, -0.1) is 0 Å². The first-order valence-corrected chi connectivity index (χ1v) is 11.1. The van der Waals surface area contributed by atoms with E-state index in [1.807, 2.05) is 6.07 Å². The zero-order valence-electron chi connectivity index (χ0n) is 17.6. The van der Waals surface area contributed by atoms with E-state index in [0.717, 1.165) is 49.7 Å². The Bertz CT molecular complexity index is 845. The molecule has 0 saturated carbocycles. The molecule has 0 fully saturated rings. The summed E-state index contributed by atoms with van der Waals surface area (Å²) in [6.45, 7) is 8.38. The van der Waals surface area contributed by atoms with Crippen LogP contribution in [0.3, 0.4) is 0 Å². The van der Waals surface area contributed by atoms with Gasteiger partial charge in [0.1, 0.15) is 17.1 Å². The van der Waals surface area contributed by atoms with Crippen molar-refractivity contribution in [1.82, 2.24) is 0 Å². The molecule has 0 amide bonds. The zero-order valence-corrected chi connectivity index (χ0v) is 21.5. The number of unbranched alkanes of at least 4 members (excludes halogenated alkanes) is 2. The molecular formula is C21H29KO5S. The molecule has 3 rings (SSSR count). The van der Waals surface area contributed by atoms with Gasteiger partial charge < -0.3 is 13.5 Å². The quantitative estimate of drug-likeness (QED) is 0.226. The van der Waals surface area contributed by atoms with Crippen LogP contribution in [-0.4, -0.2) is 18.6 Å². The molecule has 0 N–H and O–H groups in total. The molecule has 0 spiro atoms. The maximum atomic E-state index is 11.4. The minimum atomic E-state index is -4.85. The fraction of sp³-hybridized carbons (Fsp3) is 0.619. The molecular weight excluding hydrogens is 403 g/mol. The summed E-state index contributed by atoms with van der Waals surface area (Å²) in [7, 11) is -4.85. The van der Waals surface area contributed by atoms with Gasteiger partial charge in [0.05, 0.1) is 0 Å². The summed E-state index contributed by atoms with van der Waals surface area (Å²) < 4.78 is 45.4. The van der Waals surface area contributed by atoms with Crippen molar-refractivity contribution in [1.29, 1.82) is 0 Å². The number of hydrogen-bond acceptors (Lipinski definition) is 5. The van der Waals surface area contributed by atoms with Gasteiger partial charge in [-0.05, 0) is 64.2 Å². The average molecular weight is 433 g/mol. The van der Waals surface area contributed by atoms with Gasteiger partial charge in [0.2, 0.25) is 0 Å². The Morgan fingerprint density at radius 2 is 2.00 bits per heavy atom. The van der Waals surface area contributed by atoms with Crippen LogP contribution in [0.25, 0.3) is 0 Å². The molecule has 7 heteroatoms. The Hall–Kier alpha value is 0.106. The van der Waals surface area contributed by atoms with Crippen molar-refractivity contribution in [3.05, 3.63) is 34.9 Å². The van der Waals surface area contributed by atoms with Gasteiger partial charge in [-0.3, -0.25) is 0 Å². The molecule has 28 heavy (non-hydrogen) atoms. The molecule has 1 aromatic carbocycles. The van der Waals surface area contributed by atoms with E-state index < -0.39 is 10.4 Å². The second kappa shape index (κ2) is 9.50. The molecule has 0 bridgehead atoms. The Morgan fingerprint density at radius 3 is 2.64 bits per heavy atom. The van der Waals surface area contributed by atoms with Crippen LogP contribution in [0.2, 0.25) is 0 Å². The normalized spacial score (nSPS) is 22.8. The number of aryl methyl sites for hydroxylation is 1. The van der Waals surface area contributed by atoms with Crippen LogP contribution in [0.4, 0.5) is 0 Å². The maximum absolute atomic E-state index is 11.4. The SMILES string of the molecule is CCCCCc1cc2c(c(OS(=O)(=O)[O-])c1)C1CC(C)=CCC1C(C)(C)O2.[K+].